The molecular weight excluding hydrogens is 240 g/mol. The lowest BCUT2D eigenvalue weighted by molar-refractivity contribution is -0.143. The molecule has 0 radical (unpaired) electrons. The molecule has 2 atom stereocenters. The van der Waals surface area contributed by atoms with Crippen molar-refractivity contribution in [3.8, 4) is 0 Å². The molecule has 0 heterocycles. The molecule has 0 saturated heterocycles. The third-order valence-corrected chi connectivity index (χ3v) is 3.98. The van der Waals surface area contributed by atoms with E-state index in [1.165, 1.54) is 0 Å². The molecule has 0 saturated carbocycles. The Kier molecular flexibility index (Phi) is 3.84. The number of carbonyl (C=O) groups is 2. The third kappa shape index (κ3) is 2.75. The smallest absolute Gasteiger partial charge is 0.307 e. The van der Waals surface area contributed by atoms with E-state index in [1.54, 1.807) is 24.3 Å². The van der Waals surface area contributed by atoms with E-state index in [2.05, 4.69) is 0 Å². The van der Waals surface area contributed by atoms with Crippen LogP contribution in [0.2, 0.25) is 0 Å². The van der Waals surface area contributed by atoms with Gasteiger partial charge in [-0.2, -0.15) is 0 Å². The Labute approximate surface area is 113 Å². The summed E-state index contributed by atoms with van der Waals surface area (Å²) in [5.74, 6) is -1.97. The Hall–Kier alpha value is -1.90. The molecule has 1 aromatic carbocycles. The van der Waals surface area contributed by atoms with Crippen molar-refractivity contribution < 1.29 is 14.7 Å². The first-order chi connectivity index (χ1) is 9.00. The molecule has 1 N–H and O–H groups in total. The second-order valence-corrected chi connectivity index (χ2v) is 5.25. The maximum absolute atomic E-state index is 12.5. The normalized spacial score (nSPS) is 23.3. The standard InChI is InChI=1S/C16H18O3/c1-10-8-13(14(16(18)19)9-11(10)2)15(17)12-6-4-3-5-7-12/h3-7,13-14H,8-9H2,1-2H3,(H,18,19)/t13-,14+/m1/s1. The first-order valence-electron chi connectivity index (χ1n) is 6.48. The number of hydrogen-bond acceptors (Lipinski definition) is 2. The highest BCUT2D eigenvalue weighted by Gasteiger charge is 2.37. The number of rotatable bonds is 3. The second-order valence-electron chi connectivity index (χ2n) is 5.25. The predicted octanol–water partition coefficient (Wildman–Crippen LogP) is 3.32. The van der Waals surface area contributed by atoms with Crippen molar-refractivity contribution in [2.75, 3.05) is 0 Å². The van der Waals surface area contributed by atoms with E-state index < -0.39 is 17.8 Å². The molecule has 3 heteroatoms. The van der Waals surface area contributed by atoms with Gasteiger partial charge in [0, 0.05) is 11.5 Å². The van der Waals surface area contributed by atoms with Crippen molar-refractivity contribution in [1.82, 2.24) is 0 Å². The van der Waals surface area contributed by atoms with Gasteiger partial charge < -0.3 is 5.11 Å². The summed E-state index contributed by atoms with van der Waals surface area (Å²) in [7, 11) is 0. The summed E-state index contributed by atoms with van der Waals surface area (Å²) in [5.41, 5.74) is 2.85. The van der Waals surface area contributed by atoms with E-state index in [1.807, 2.05) is 19.9 Å². The minimum atomic E-state index is -0.874. The van der Waals surface area contributed by atoms with Crippen LogP contribution < -0.4 is 0 Å². The average molecular weight is 258 g/mol. The van der Waals surface area contributed by atoms with Crippen LogP contribution in [0.4, 0.5) is 0 Å². The molecule has 100 valence electrons. The SMILES string of the molecule is CC1=C(C)C[C@@H](C(=O)c2ccccc2)[C@@H](C(=O)O)C1. The van der Waals surface area contributed by atoms with Gasteiger partial charge in [-0.25, -0.2) is 0 Å². The molecule has 0 amide bonds. The van der Waals surface area contributed by atoms with Crippen molar-refractivity contribution >= 4 is 11.8 Å². The van der Waals surface area contributed by atoms with Gasteiger partial charge in [0.2, 0.25) is 0 Å². The predicted molar refractivity (Wildman–Crippen MR) is 73.0 cm³/mol. The Bertz CT molecular complexity index is 528. The van der Waals surface area contributed by atoms with Crippen molar-refractivity contribution in [1.29, 1.82) is 0 Å². The number of ketones is 1. The van der Waals surface area contributed by atoms with E-state index in [9.17, 15) is 14.7 Å². The van der Waals surface area contributed by atoms with E-state index in [0.717, 1.165) is 11.1 Å². The Balaban J connectivity index is 2.31. The molecular formula is C16H18O3. The fourth-order valence-corrected chi connectivity index (χ4v) is 2.64. The van der Waals surface area contributed by atoms with Gasteiger partial charge in [-0.3, -0.25) is 9.59 Å². The Morgan fingerprint density at radius 3 is 2.05 bits per heavy atom. The Morgan fingerprint density at radius 1 is 1.00 bits per heavy atom. The van der Waals surface area contributed by atoms with Gasteiger partial charge >= 0.3 is 5.97 Å². The summed E-state index contributed by atoms with van der Waals surface area (Å²) in [4.78, 5) is 23.9. The van der Waals surface area contributed by atoms with Crippen LogP contribution in [0, 0.1) is 11.8 Å². The van der Waals surface area contributed by atoms with Crippen LogP contribution in [0.3, 0.4) is 0 Å². The van der Waals surface area contributed by atoms with Crippen molar-refractivity contribution in [2.45, 2.75) is 26.7 Å². The highest BCUT2D eigenvalue weighted by molar-refractivity contribution is 6.00. The molecule has 1 aromatic rings. The third-order valence-electron chi connectivity index (χ3n) is 3.98. The van der Waals surface area contributed by atoms with Crippen LogP contribution in [0.25, 0.3) is 0 Å². The summed E-state index contributed by atoms with van der Waals surface area (Å²) < 4.78 is 0. The van der Waals surface area contributed by atoms with Gasteiger partial charge in [-0.15, -0.1) is 0 Å². The van der Waals surface area contributed by atoms with E-state index in [-0.39, 0.29) is 5.78 Å². The zero-order valence-corrected chi connectivity index (χ0v) is 11.2. The summed E-state index contributed by atoms with van der Waals surface area (Å²) in [5, 5.41) is 9.33. The molecule has 19 heavy (non-hydrogen) atoms. The van der Waals surface area contributed by atoms with Crippen molar-refractivity contribution in [3.05, 3.63) is 47.0 Å². The Morgan fingerprint density at radius 2 is 1.53 bits per heavy atom. The summed E-state index contributed by atoms with van der Waals surface area (Å²) in [6.45, 7) is 3.94. The van der Waals surface area contributed by atoms with Crippen LogP contribution in [-0.2, 0) is 4.79 Å². The first-order valence-corrected chi connectivity index (χ1v) is 6.48. The van der Waals surface area contributed by atoms with Crippen LogP contribution in [0.5, 0.6) is 0 Å². The van der Waals surface area contributed by atoms with Gasteiger partial charge in [0.15, 0.2) is 5.78 Å². The monoisotopic (exact) mass is 258 g/mol. The minimum Gasteiger partial charge on any atom is -0.481 e. The molecule has 0 fully saturated rings. The van der Waals surface area contributed by atoms with E-state index >= 15 is 0 Å². The maximum Gasteiger partial charge on any atom is 0.307 e. The largest absolute Gasteiger partial charge is 0.481 e. The number of aliphatic carboxylic acids is 1. The highest BCUT2D eigenvalue weighted by atomic mass is 16.4. The van der Waals surface area contributed by atoms with Gasteiger partial charge in [0.25, 0.3) is 0 Å². The summed E-state index contributed by atoms with van der Waals surface area (Å²) in [6.07, 6.45) is 1.03. The molecule has 0 unspecified atom stereocenters. The lowest BCUT2D eigenvalue weighted by Crippen LogP contribution is -2.33. The fourth-order valence-electron chi connectivity index (χ4n) is 2.64. The number of carbonyl (C=O) groups excluding carboxylic acids is 1. The minimum absolute atomic E-state index is 0.0557. The van der Waals surface area contributed by atoms with Gasteiger partial charge in [0.05, 0.1) is 5.92 Å². The number of hydrogen-bond donors (Lipinski definition) is 1. The molecule has 2 rings (SSSR count). The lowest BCUT2D eigenvalue weighted by Gasteiger charge is -2.29. The van der Waals surface area contributed by atoms with Crippen LogP contribution in [0.1, 0.15) is 37.0 Å². The van der Waals surface area contributed by atoms with Crippen molar-refractivity contribution in [2.24, 2.45) is 11.8 Å². The number of allylic oxidation sites excluding steroid dienone is 2. The van der Waals surface area contributed by atoms with Crippen molar-refractivity contribution in [3.63, 3.8) is 0 Å². The number of carboxylic acid groups (broad SMARTS) is 1. The van der Waals surface area contributed by atoms with E-state index in [0.29, 0.717) is 18.4 Å². The quantitative estimate of drug-likeness (QED) is 0.668. The highest BCUT2D eigenvalue weighted by Crippen LogP contribution is 2.36. The first kappa shape index (κ1) is 13.5. The number of benzene rings is 1. The molecule has 0 aliphatic heterocycles. The molecule has 0 bridgehead atoms. The zero-order chi connectivity index (χ0) is 14.0. The maximum atomic E-state index is 12.5. The molecule has 0 aromatic heterocycles. The fraction of sp³-hybridized carbons (Fsp3) is 0.375. The average Bonchev–Trinajstić information content (AvgIpc) is 2.41. The van der Waals surface area contributed by atoms with Crippen LogP contribution >= 0.6 is 0 Å². The molecule has 0 spiro atoms. The van der Waals surface area contributed by atoms with Crippen LogP contribution in [0.15, 0.2) is 41.5 Å². The van der Waals surface area contributed by atoms with Gasteiger partial charge in [-0.05, 0) is 26.7 Å². The number of Topliss-reactive ketones (excluding diaryl/α,β-unsaturated/α-hetero) is 1. The van der Waals surface area contributed by atoms with E-state index in [4.69, 9.17) is 0 Å². The molecule has 1 aliphatic carbocycles. The molecule has 3 nitrogen and oxygen atoms in total. The van der Waals surface area contributed by atoms with Crippen LogP contribution in [-0.4, -0.2) is 16.9 Å². The van der Waals surface area contributed by atoms with Gasteiger partial charge in [0.1, 0.15) is 0 Å². The zero-order valence-electron chi connectivity index (χ0n) is 11.2. The topological polar surface area (TPSA) is 54.4 Å². The lowest BCUT2D eigenvalue weighted by atomic mass is 9.73. The summed E-state index contributed by atoms with van der Waals surface area (Å²) in [6, 6.07) is 8.96. The van der Waals surface area contributed by atoms with Gasteiger partial charge in [-0.1, -0.05) is 41.5 Å². The summed E-state index contributed by atoms with van der Waals surface area (Å²) >= 11 is 0. The number of carboxylic acids is 1. The molecule has 1 aliphatic rings. The second kappa shape index (κ2) is 5.39.